The van der Waals surface area contributed by atoms with Crippen molar-refractivity contribution in [3.63, 3.8) is 0 Å². The number of carbonyl (C=O) groups is 2. The molecule has 9 heteroatoms. The Morgan fingerprint density at radius 1 is 1.23 bits per heavy atom. The number of hydrogen-bond acceptors (Lipinski definition) is 7. The molecule has 0 aliphatic heterocycles. The molecule has 2 N–H and O–H groups in total. The third-order valence-corrected chi connectivity index (χ3v) is 5.31. The van der Waals surface area contributed by atoms with E-state index in [1.807, 2.05) is 38.1 Å². The minimum Gasteiger partial charge on any atom is -0.495 e. The summed E-state index contributed by atoms with van der Waals surface area (Å²) in [4.78, 5) is 31.1. The van der Waals surface area contributed by atoms with E-state index in [2.05, 4.69) is 15.6 Å². The van der Waals surface area contributed by atoms with E-state index in [1.54, 1.807) is 24.5 Å². The van der Waals surface area contributed by atoms with Crippen molar-refractivity contribution in [3.05, 3.63) is 35.3 Å². The molecule has 0 unspecified atom stereocenters. The molecule has 0 fully saturated rings. The number of nitrogens with one attached hydrogen (secondary N) is 2. The zero-order chi connectivity index (χ0) is 21.9. The summed E-state index contributed by atoms with van der Waals surface area (Å²) in [5.74, 6) is 0.388. The summed E-state index contributed by atoms with van der Waals surface area (Å²) in [5.41, 5.74) is 1.10. The van der Waals surface area contributed by atoms with Gasteiger partial charge in [-0.25, -0.2) is 4.98 Å². The maximum absolute atomic E-state index is 13.0. The minimum atomic E-state index is -0.229. The third kappa shape index (κ3) is 7.00. The minimum absolute atomic E-state index is 0.0728. The fourth-order valence-electron chi connectivity index (χ4n) is 2.66. The molecular weight excluding hydrogens is 404 g/mol. The highest BCUT2D eigenvalue weighted by Crippen LogP contribution is 2.28. The summed E-state index contributed by atoms with van der Waals surface area (Å²) >= 11 is 1.33. The number of hydrogen-bond donors (Lipinski definition) is 2. The zero-order valence-corrected chi connectivity index (χ0v) is 18.8. The van der Waals surface area contributed by atoms with Crippen LogP contribution < -0.4 is 15.4 Å². The Kier molecular flexibility index (Phi) is 9.56. The van der Waals surface area contributed by atoms with Crippen molar-refractivity contribution in [2.24, 2.45) is 0 Å². The van der Waals surface area contributed by atoms with E-state index in [-0.39, 0.29) is 24.3 Å². The highest BCUT2D eigenvalue weighted by atomic mass is 32.1. The molecule has 1 heterocycles. The monoisotopic (exact) mass is 434 g/mol. The van der Waals surface area contributed by atoms with Gasteiger partial charge in [0.25, 0.3) is 5.91 Å². The van der Waals surface area contributed by atoms with Crippen LogP contribution in [-0.2, 0) is 9.53 Å². The van der Waals surface area contributed by atoms with Crippen LogP contribution in [0.5, 0.6) is 5.75 Å². The topological polar surface area (TPSA) is 92.8 Å². The lowest BCUT2D eigenvalue weighted by molar-refractivity contribution is -0.121. The summed E-state index contributed by atoms with van der Waals surface area (Å²) < 4.78 is 10.4. The highest BCUT2D eigenvalue weighted by Gasteiger charge is 2.20. The predicted molar refractivity (Wildman–Crippen MR) is 119 cm³/mol. The number of ether oxygens (including phenoxy) is 2. The molecule has 8 nitrogen and oxygen atoms in total. The predicted octanol–water partition coefficient (Wildman–Crippen LogP) is 3.29. The molecular formula is C21H30N4O4S. The number of anilines is 2. The highest BCUT2D eigenvalue weighted by molar-refractivity contribution is 7.14. The van der Waals surface area contributed by atoms with Gasteiger partial charge in [-0.05, 0) is 25.5 Å². The lowest BCUT2D eigenvalue weighted by Gasteiger charge is -2.21. The number of thiazole rings is 1. The second kappa shape index (κ2) is 12.1. The van der Waals surface area contributed by atoms with E-state index in [1.165, 1.54) is 11.3 Å². The average Bonchev–Trinajstić information content (AvgIpc) is 3.22. The van der Waals surface area contributed by atoms with Gasteiger partial charge in [-0.2, -0.15) is 0 Å². The van der Waals surface area contributed by atoms with Crippen molar-refractivity contribution < 1.29 is 19.1 Å². The van der Waals surface area contributed by atoms with Crippen LogP contribution in [0.1, 0.15) is 37.2 Å². The third-order valence-electron chi connectivity index (χ3n) is 4.55. The van der Waals surface area contributed by atoms with E-state index in [4.69, 9.17) is 9.47 Å². The van der Waals surface area contributed by atoms with E-state index in [9.17, 15) is 9.59 Å². The van der Waals surface area contributed by atoms with Gasteiger partial charge in [-0.15, -0.1) is 11.3 Å². The van der Waals surface area contributed by atoms with E-state index in [0.29, 0.717) is 36.3 Å². The molecule has 2 amide bonds. The molecule has 0 bridgehead atoms. The lowest BCUT2D eigenvalue weighted by atomic mass is 10.2. The van der Waals surface area contributed by atoms with E-state index < -0.39 is 0 Å². The first kappa shape index (κ1) is 23.6. The number of para-hydroxylation sites is 2. The number of carbonyl (C=O) groups excluding carboxylic acids is 2. The van der Waals surface area contributed by atoms with Gasteiger partial charge in [-0.3, -0.25) is 9.59 Å². The van der Waals surface area contributed by atoms with Crippen LogP contribution in [0.15, 0.2) is 29.6 Å². The standard InChI is InChI=1S/C21H30N4O4S/c1-5-15(2)22-19(26)10-11-25(12-13-28-3)20(27)17-14-30-21(24-17)23-16-8-6-7-9-18(16)29-4/h6-9,14-15H,5,10-13H2,1-4H3,(H,22,26)(H,23,24)/t15-/m1/s1. The number of rotatable bonds is 12. The van der Waals surface area contributed by atoms with Gasteiger partial charge in [0.15, 0.2) is 5.13 Å². The number of aromatic nitrogens is 1. The number of nitrogens with zero attached hydrogens (tertiary/aromatic N) is 2. The molecule has 2 aromatic rings. The Morgan fingerprint density at radius 3 is 2.70 bits per heavy atom. The van der Waals surface area contributed by atoms with Crippen LogP contribution in [-0.4, -0.2) is 61.7 Å². The summed E-state index contributed by atoms with van der Waals surface area (Å²) in [7, 11) is 3.18. The van der Waals surface area contributed by atoms with Crippen molar-refractivity contribution in [2.45, 2.75) is 32.7 Å². The number of benzene rings is 1. The second-order valence-corrected chi connectivity index (χ2v) is 7.63. The Labute approximate surface area is 181 Å². The maximum atomic E-state index is 13.0. The maximum Gasteiger partial charge on any atom is 0.273 e. The summed E-state index contributed by atoms with van der Waals surface area (Å²) in [5, 5.41) is 8.39. The van der Waals surface area contributed by atoms with Gasteiger partial charge in [-0.1, -0.05) is 19.1 Å². The van der Waals surface area contributed by atoms with Gasteiger partial charge in [0.05, 0.1) is 19.4 Å². The van der Waals surface area contributed by atoms with Gasteiger partial charge >= 0.3 is 0 Å². The molecule has 2 rings (SSSR count). The van der Waals surface area contributed by atoms with Gasteiger partial charge in [0.1, 0.15) is 11.4 Å². The van der Waals surface area contributed by atoms with Crippen LogP contribution in [0.2, 0.25) is 0 Å². The van der Waals surface area contributed by atoms with Crippen molar-refractivity contribution in [1.82, 2.24) is 15.2 Å². The SMILES string of the molecule is CC[C@@H](C)NC(=O)CCN(CCOC)C(=O)c1csc(Nc2ccccc2OC)n1. The lowest BCUT2D eigenvalue weighted by Crippen LogP contribution is -2.39. The number of methoxy groups -OCH3 is 2. The second-order valence-electron chi connectivity index (χ2n) is 6.77. The normalized spacial score (nSPS) is 11.6. The first-order chi connectivity index (χ1) is 14.5. The number of amides is 2. The Bertz CT molecular complexity index is 827. The van der Waals surface area contributed by atoms with Crippen molar-refractivity contribution in [3.8, 4) is 5.75 Å². The first-order valence-corrected chi connectivity index (χ1v) is 10.8. The van der Waals surface area contributed by atoms with E-state index in [0.717, 1.165) is 12.1 Å². The summed E-state index contributed by atoms with van der Waals surface area (Å²) in [6.45, 7) is 5.04. The molecule has 0 saturated heterocycles. The Morgan fingerprint density at radius 2 is 2.00 bits per heavy atom. The van der Waals surface area contributed by atoms with Gasteiger partial charge in [0, 0.05) is 38.0 Å². The molecule has 0 aliphatic carbocycles. The van der Waals surface area contributed by atoms with E-state index >= 15 is 0 Å². The van der Waals surface area contributed by atoms with Crippen LogP contribution in [0.3, 0.4) is 0 Å². The van der Waals surface area contributed by atoms with Crippen LogP contribution in [0, 0.1) is 0 Å². The molecule has 30 heavy (non-hydrogen) atoms. The quantitative estimate of drug-likeness (QED) is 0.533. The average molecular weight is 435 g/mol. The smallest absolute Gasteiger partial charge is 0.273 e. The van der Waals surface area contributed by atoms with Crippen LogP contribution in [0.25, 0.3) is 0 Å². The molecule has 164 valence electrons. The Hall–Kier alpha value is -2.65. The van der Waals surface area contributed by atoms with Gasteiger partial charge in [0.2, 0.25) is 5.91 Å². The van der Waals surface area contributed by atoms with Crippen LogP contribution >= 0.6 is 11.3 Å². The summed E-state index contributed by atoms with van der Waals surface area (Å²) in [6, 6.07) is 7.61. The van der Waals surface area contributed by atoms with Gasteiger partial charge < -0.3 is 25.0 Å². The Balaban J connectivity index is 2.04. The van der Waals surface area contributed by atoms with Crippen molar-refractivity contribution in [1.29, 1.82) is 0 Å². The molecule has 0 saturated carbocycles. The largest absolute Gasteiger partial charge is 0.495 e. The zero-order valence-electron chi connectivity index (χ0n) is 17.9. The van der Waals surface area contributed by atoms with Crippen molar-refractivity contribution in [2.75, 3.05) is 39.2 Å². The molecule has 1 aromatic carbocycles. The molecule has 1 atom stereocenters. The first-order valence-electron chi connectivity index (χ1n) is 9.91. The molecule has 0 radical (unpaired) electrons. The fourth-order valence-corrected chi connectivity index (χ4v) is 3.35. The van der Waals surface area contributed by atoms with Crippen LogP contribution in [0.4, 0.5) is 10.8 Å². The molecule has 0 spiro atoms. The van der Waals surface area contributed by atoms with Crippen molar-refractivity contribution >= 4 is 34.0 Å². The fraction of sp³-hybridized carbons (Fsp3) is 0.476. The molecule has 0 aliphatic rings. The summed E-state index contributed by atoms with van der Waals surface area (Å²) in [6.07, 6.45) is 1.09. The molecule has 1 aromatic heterocycles.